The number of fused-ring (bicyclic) bond motifs is 1. The maximum atomic E-state index is 14.8. The van der Waals surface area contributed by atoms with Crippen LogP contribution in [-0.2, 0) is 6.11 Å². The van der Waals surface area contributed by atoms with Gasteiger partial charge in [0.2, 0.25) is 0 Å². The summed E-state index contributed by atoms with van der Waals surface area (Å²) >= 11 is 0. The predicted molar refractivity (Wildman–Crippen MR) is 120 cm³/mol. The molecule has 3 aromatic rings. The molecule has 5 rings (SSSR count). The van der Waals surface area contributed by atoms with Gasteiger partial charge in [-0.15, -0.1) is 0 Å². The largest absolute Gasteiger partial charge is 0.461 e. The van der Waals surface area contributed by atoms with Gasteiger partial charge >= 0.3 is 6.11 Å². The third-order valence-electron chi connectivity index (χ3n) is 6.46. The number of ether oxygens (including phenoxy) is 1. The van der Waals surface area contributed by atoms with Gasteiger partial charge in [0.1, 0.15) is 28.7 Å². The number of furan rings is 1. The van der Waals surface area contributed by atoms with Gasteiger partial charge in [-0.1, -0.05) is 0 Å². The van der Waals surface area contributed by atoms with E-state index in [2.05, 4.69) is 15.2 Å². The number of nitriles is 1. The van der Waals surface area contributed by atoms with Gasteiger partial charge in [-0.05, 0) is 62.9 Å². The number of carbonyl (C=O) groups is 1. The van der Waals surface area contributed by atoms with E-state index in [4.69, 9.17) is 14.4 Å². The SMILES string of the molecule is Cc1oc2ccc(OC(F)(F)c3cccnc3C#N)cc2c1C(=O)NC1CCN(C2CC2)CC1. The van der Waals surface area contributed by atoms with Crippen molar-refractivity contribution < 1.29 is 22.7 Å². The second-order valence-electron chi connectivity index (χ2n) is 8.84. The molecular formula is C25H24F2N4O3. The molecule has 0 radical (unpaired) electrons. The van der Waals surface area contributed by atoms with Crippen molar-refractivity contribution in [2.75, 3.05) is 13.1 Å². The first-order chi connectivity index (χ1) is 16.4. The topological polar surface area (TPSA) is 91.4 Å². The first-order valence-corrected chi connectivity index (χ1v) is 11.4. The summed E-state index contributed by atoms with van der Waals surface area (Å²) in [5, 5.41) is 12.6. The molecule has 3 heterocycles. The molecule has 0 unspecified atom stereocenters. The minimum Gasteiger partial charge on any atom is -0.461 e. The Morgan fingerprint density at radius 3 is 2.74 bits per heavy atom. The fraction of sp³-hybridized carbons (Fsp3) is 0.400. The molecule has 9 heteroatoms. The van der Waals surface area contributed by atoms with Crippen LogP contribution in [0.5, 0.6) is 5.75 Å². The van der Waals surface area contributed by atoms with Gasteiger partial charge in [-0.25, -0.2) is 4.98 Å². The van der Waals surface area contributed by atoms with Gasteiger partial charge in [0, 0.05) is 36.8 Å². The summed E-state index contributed by atoms with van der Waals surface area (Å²) in [5.74, 6) is -0.0345. The van der Waals surface area contributed by atoms with E-state index in [0.29, 0.717) is 28.3 Å². The Labute approximate surface area is 195 Å². The molecule has 1 aliphatic carbocycles. The highest BCUT2D eigenvalue weighted by molar-refractivity contribution is 6.07. The Hall–Kier alpha value is -3.51. The number of nitrogens with zero attached hydrogens (tertiary/aromatic N) is 3. The number of pyridine rings is 1. The van der Waals surface area contributed by atoms with Crippen molar-refractivity contribution in [1.82, 2.24) is 15.2 Å². The first-order valence-electron chi connectivity index (χ1n) is 11.4. The van der Waals surface area contributed by atoms with E-state index in [-0.39, 0.29) is 17.7 Å². The molecule has 0 atom stereocenters. The molecule has 34 heavy (non-hydrogen) atoms. The van der Waals surface area contributed by atoms with Gasteiger partial charge in [0.05, 0.1) is 5.56 Å². The number of halogens is 2. The number of hydrogen-bond acceptors (Lipinski definition) is 6. The Balaban J connectivity index is 1.36. The zero-order valence-electron chi connectivity index (χ0n) is 18.7. The van der Waals surface area contributed by atoms with Crippen LogP contribution in [-0.4, -0.2) is 41.0 Å². The number of nitrogens with one attached hydrogen (secondary N) is 1. The predicted octanol–water partition coefficient (Wildman–Crippen LogP) is 4.49. The number of hydrogen-bond donors (Lipinski definition) is 1. The number of benzene rings is 1. The van der Waals surface area contributed by atoms with Crippen LogP contribution in [0.4, 0.5) is 8.78 Å². The standard InChI is InChI=1S/C25H24F2N4O3/c1-15-23(24(32)30-16-8-11-31(12-9-16)17-4-5-17)19-13-18(6-7-22(19)33-15)34-25(26,27)20-3-2-10-29-21(20)14-28/h2-3,6-7,10,13,16-17H,4-5,8-9,11-12H2,1H3,(H,30,32). The monoisotopic (exact) mass is 466 g/mol. The third kappa shape index (κ3) is 4.33. The Morgan fingerprint density at radius 1 is 1.26 bits per heavy atom. The van der Waals surface area contributed by atoms with Crippen molar-refractivity contribution in [3.63, 3.8) is 0 Å². The Kier molecular flexibility index (Phi) is 5.70. The quantitative estimate of drug-likeness (QED) is 0.576. The number of piperidine rings is 1. The summed E-state index contributed by atoms with van der Waals surface area (Å²) in [6.07, 6.45) is 1.76. The molecule has 176 valence electrons. The summed E-state index contributed by atoms with van der Waals surface area (Å²) in [6, 6.07) is 9.04. The number of aromatic nitrogens is 1. The minimum absolute atomic E-state index is 0.0607. The van der Waals surface area contributed by atoms with Gasteiger partial charge in [0.15, 0.2) is 5.69 Å². The highest BCUT2D eigenvalue weighted by Crippen LogP contribution is 2.36. The summed E-state index contributed by atoms with van der Waals surface area (Å²) in [4.78, 5) is 19.3. The lowest BCUT2D eigenvalue weighted by atomic mass is 10.0. The molecule has 1 amide bonds. The lowest BCUT2D eigenvalue weighted by Crippen LogP contribution is -2.45. The third-order valence-corrected chi connectivity index (χ3v) is 6.46. The smallest absolute Gasteiger partial charge is 0.429 e. The van der Waals surface area contributed by atoms with Gasteiger partial charge < -0.3 is 19.4 Å². The number of aryl methyl sites for hydroxylation is 1. The van der Waals surface area contributed by atoms with E-state index in [1.165, 1.54) is 43.3 Å². The highest BCUT2D eigenvalue weighted by Gasteiger charge is 2.38. The van der Waals surface area contributed by atoms with E-state index in [1.807, 2.05) is 0 Å². The second-order valence-corrected chi connectivity index (χ2v) is 8.84. The number of carbonyl (C=O) groups excluding carboxylic acids is 1. The van der Waals surface area contributed by atoms with Crippen LogP contribution in [0.25, 0.3) is 11.0 Å². The van der Waals surface area contributed by atoms with Crippen molar-refractivity contribution in [1.29, 1.82) is 5.26 Å². The number of likely N-dealkylation sites (tertiary alicyclic amines) is 1. The molecule has 2 aliphatic rings. The maximum Gasteiger partial charge on any atom is 0.429 e. The van der Waals surface area contributed by atoms with Crippen LogP contribution in [0.1, 0.15) is 53.1 Å². The zero-order chi connectivity index (χ0) is 23.9. The van der Waals surface area contributed by atoms with Crippen LogP contribution in [0.15, 0.2) is 40.9 Å². The van der Waals surface area contributed by atoms with Crippen LogP contribution in [0, 0.1) is 18.3 Å². The number of amides is 1. The molecule has 1 saturated heterocycles. The van der Waals surface area contributed by atoms with E-state index in [0.717, 1.165) is 32.0 Å². The fourth-order valence-electron chi connectivity index (χ4n) is 4.58. The second kappa shape index (κ2) is 8.69. The molecular weight excluding hydrogens is 442 g/mol. The highest BCUT2D eigenvalue weighted by atomic mass is 19.3. The average Bonchev–Trinajstić information content (AvgIpc) is 3.61. The summed E-state index contributed by atoms with van der Waals surface area (Å²) in [5.41, 5.74) is -0.328. The Bertz CT molecular complexity index is 1270. The van der Waals surface area contributed by atoms with Gasteiger partial charge in [0.25, 0.3) is 5.91 Å². The molecule has 1 saturated carbocycles. The fourth-order valence-corrected chi connectivity index (χ4v) is 4.58. The van der Waals surface area contributed by atoms with Crippen LogP contribution in [0.2, 0.25) is 0 Å². The lowest BCUT2D eigenvalue weighted by molar-refractivity contribution is -0.185. The maximum absolute atomic E-state index is 14.8. The molecule has 0 bridgehead atoms. The summed E-state index contributed by atoms with van der Waals surface area (Å²) in [7, 11) is 0. The molecule has 0 spiro atoms. The van der Waals surface area contributed by atoms with Crippen LogP contribution >= 0.6 is 0 Å². The van der Waals surface area contributed by atoms with Crippen LogP contribution in [0.3, 0.4) is 0 Å². The van der Waals surface area contributed by atoms with Crippen molar-refractivity contribution in [3.05, 3.63) is 59.1 Å². The van der Waals surface area contributed by atoms with Crippen molar-refractivity contribution in [2.24, 2.45) is 0 Å². The van der Waals surface area contributed by atoms with E-state index in [1.54, 1.807) is 13.0 Å². The first kappa shape index (κ1) is 22.3. The number of alkyl halides is 2. The minimum atomic E-state index is -3.79. The summed E-state index contributed by atoms with van der Waals surface area (Å²) < 4.78 is 40.3. The van der Waals surface area contributed by atoms with E-state index >= 15 is 0 Å². The van der Waals surface area contributed by atoms with Crippen LogP contribution < -0.4 is 10.1 Å². The molecule has 2 fully saturated rings. The molecule has 1 N–H and O–H groups in total. The molecule has 1 aliphatic heterocycles. The molecule has 7 nitrogen and oxygen atoms in total. The molecule has 2 aromatic heterocycles. The van der Waals surface area contributed by atoms with Gasteiger partial charge in [-0.3, -0.25) is 4.79 Å². The lowest BCUT2D eigenvalue weighted by Gasteiger charge is -2.32. The van der Waals surface area contributed by atoms with Gasteiger partial charge in [-0.2, -0.15) is 14.0 Å². The summed E-state index contributed by atoms with van der Waals surface area (Å²) in [6.45, 7) is 3.61. The van der Waals surface area contributed by atoms with E-state index in [9.17, 15) is 13.6 Å². The average molecular weight is 466 g/mol. The zero-order valence-corrected chi connectivity index (χ0v) is 18.7. The van der Waals surface area contributed by atoms with Crippen molar-refractivity contribution >= 4 is 16.9 Å². The molecule has 1 aromatic carbocycles. The number of rotatable bonds is 6. The Morgan fingerprint density at radius 2 is 2.03 bits per heavy atom. The van der Waals surface area contributed by atoms with E-state index < -0.39 is 17.4 Å². The van der Waals surface area contributed by atoms with Crippen molar-refractivity contribution in [3.8, 4) is 11.8 Å². The normalized spacial score (nSPS) is 17.5. The van der Waals surface area contributed by atoms with Crippen molar-refractivity contribution in [2.45, 2.75) is 50.8 Å².